The summed E-state index contributed by atoms with van der Waals surface area (Å²) >= 11 is 0. The zero-order valence-electron chi connectivity index (χ0n) is 21.5. The van der Waals surface area contributed by atoms with Crippen LogP contribution in [-0.4, -0.2) is 62.7 Å². The minimum Gasteiger partial charge on any atom is -0.486 e. The van der Waals surface area contributed by atoms with Crippen LogP contribution in [0.1, 0.15) is 39.7 Å². The van der Waals surface area contributed by atoms with Gasteiger partial charge in [-0.1, -0.05) is 37.3 Å². The van der Waals surface area contributed by atoms with Crippen LogP contribution in [-0.2, 0) is 26.2 Å². The van der Waals surface area contributed by atoms with Gasteiger partial charge in [0.1, 0.15) is 25.8 Å². The van der Waals surface area contributed by atoms with Gasteiger partial charge in [-0.2, -0.15) is 0 Å². The number of carbonyl (C=O) groups excluding carboxylic acids is 2. The summed E-state index contributed by atoms with van der Waals surface area (Å²) in [4.78, 5) is 28.3. The molecule has 1 aliphatic rings. The maximum Gasteiger partial charge on any atom is 0.244 e. The number of benzene rings is 2. The number of fused-ring (bicyclic) bond motifs is 1. The van der Waals surface area contributed by atoms with E-state index >= 15 is 0 Å². The van der Waals surface area contributed by atoms with Crippen LogP contribution in [0.5, 0.6) is 11.5 Å². The molecule has 1 heterocycles. The van der Waals surface area contributed by atoms with E-state index in [1.54, 1.807) is 18.2 Å². The normalized spacial score (nSPS) is 14.0. The zero-order valence-corrected chi connectivity index (χ0v) is 22.3. The molecule has 36 heavy (non-hydrogen) atoms. The maximum absolute atomic E-state index is 13.7. The number of amides is 2. The molecule has 0 bridgehead atoms. The number of nitrogens with one attached hydrogen (secondary N) is 1. The van der Waals surface area contributed by atoms with Gasteiger partial charge in [0.15, 0.2) is 11.5 Å². The molecule has 1 atom stereocenters. The van der Waals surface area contributed by atoms with E-state index in [4.69, 9.17) is 9.47 Å². The van der Waals surface area contributed by atoms with Gasteiger partial charge in [-0.3, -0.25) is 13.9 Å². The molecule has 2 aromatic carbocycles. The van der Waals surface area contributed by atoms with Gasteiger partial charge in [0.05, 0.1) is 11.9 Å². The molecule has 0 spiro atoms. The fourth-order valence-electron chi connectivity index (χ4n) is 3.95. The second kappa shape index (κ2) is 11.2. The maximum atomic E-state index is 13.7. The lowest BCUT2D eigenvalue weighted by molar-refractivity contribution is -0.141. The van der Waals surface area contributed by atoms with Crippen LogP contribution >= 0.6 is 0 Å². The second-order valence-electron chi connectivity index (χ2n) is 9.77. The quantitative estimate of drug-likeness (QED) is 0.548. The molecule has 2 amide bonds. The number of rotatable bonds is 9. The Kier molecular flexibility index (Phi) is 8.50. The Labute approximate surface area is 213 Å². The van der Waals surface area contributed by atoms with Gasteiger partial charge in [0.25, 0.3) is 0 Å². The highest BCUT2D eigenvalue weighted by molar-refractivity contribution is 7.92. The van der Waals surface area contributed by atoms with E-state index in [-0.39, 0.29) is 18.1 Å². The summed E-state index contributed by atoms with van der Waals surface area (Å²) in [5.74, 6) is 0.145. The highest BCUT2D eigenvalue weighted by atomic mass is 32.2. The van der Waals surface area contributed by atoms with Crippen LogP contribution in [0.4, 0.5) is 5.69 Å². The van der Waals surface area contributed by atoms with Crippen LogP contribution < -0.4 is 19.1 Å². The largest absolute Gasteiger partial charge is 0.486 e. The van der Waals surface area contributed by atoms with Crippen molar-refractivity contribution in [2.24, 2.45) is 0 Å². The third-order valence-corrected chi connectivity index (χ3v) is 6.71. The van der Waals surface area contributed by atoms with E-state index in [1.165, 1.54) is 4.90 Å². The number of anilines is 1. The molecule has 1 unspecified atom stereocenters. The van der Waals surface area contributed by atoms with Crippen LogP contribution in [0.3, 0.4) is 0 Å². The van der Waals surface area contributed by atoms with Gasteiger partial charge in [-0.25, -0.2) is 8.42 Å². The van der Waals surface area contributed by atoms with Crippen molar-refractivity contribution in [2.45, 2.75) is 52.2 Å². The second-order valence-corrected chi connectivity index (χ2v) is 11.7. The Balaban J connectivity index is 1.95. The molecule has 1 aliphatic heterocycles. The molecule has 0 aliphatic carbocycles. The first kappa shape index (κ1) is 27.3. The molecule has 1 N–H and O–H groups in total. The van der Waals surface area contributed by atoms with Crippen molar-refractivity contribution < 1.29 is 27.5 Å². The average molecular weight is 518 g/mol. The third kappa shape index (κ3) is 7.13. The predicted octanol–water partition coefficient (Wildman–Crippen LogP) is 2.95. The van der Waals surface area contributed by atoms with Crippen molar-refractivity contribution in [3.8, 4) is 11.5 Å². The number of ether oxygens (including phenoxy) is 2. The molecular formula is C26H35N3O6S. The first-order valence-corrected chi connectivity index (χ1v) is 13.8. The van der Waals surface area contributed by atoms with Crippen molar-refractivity contribution in [1.82, 2.24) is 10.2 Å². The van der Waals surface area contributed by atoms with E-state index < -0.39 is 34.1 Å². The number of sulfonamides is 1. The fraction of sp³-hybridized carbons (Fsp3) is 0.462. The predicted molar refractivity (Wildman–Crippen MR) is 139 cm³/mol. The molecule has 0 saturated carbocycles. The van der Waals surface area contributed by atoms with Gasteiger partial charge in [0, 0.05) is 18.2 Å². The summed E-state index contributed by atoms with van der Waals surface area (Å²) in [5, 5.41) is 2.95. The van der Waals surface area contributed by atoms with Gasteiger partial charge >= 0.3 is 0 Å². The molecular weight excluding hydrogens is 482 g/mol. The number of carbonyl (C=O) groups is 2. The topological polar surface area (TPSA) is 105 Å². The SMILES string of the molecule is CCC(C(=O)NC(C)(C)C)N(Cc1ccccc1)C(=O)CN(c1ccc2c(c1)OCCO2)S(C)(=O)=O. The molecule has 0 saturated heterocycles. The first-order valence-electron chi connectivity index (χ1n) is 11.9. The van der Waals surface area contributed by atoms with E-state index in [2.05, 4.69) is 5.32 Å². The Bertz CT molecular complexity index is 1180. The number of hydrogen-bond donors (Lipinski definition) is 1. The first-order chi connectivity index (χ1) is 16.9. The minimum atomic E-state index is -3.84. The lowest BCUT2D eigenvalue weighted by Gasteiger charge is -2.34. The van der Waals surface area contributed by atoms with E-state index in [0.717, 1.165) is 16.1 Å². The van der Waals surface area contributed by atoms with Crippen molar-refractivity contribution in [1.29, 1.82) is 0 Å². The Morgan fingerprint density at radius 2 is 1.67 bits per heavy atom. The summed E-state index contributed by atoms with van der Waals surface area (Å²) in [6.07, 6.45) is 1.41. The van der Waals surface area contributed by atoms with E-state index in [0.29, 0.717) is 31.1 Å². The number of nitrogens with zero attached hydrogens (tertiary/aromatic N) is 2. The molecule has 9 nitrogen and oxygen atoms in total. The Morgan fingerprint density at radius 3 is 2.25 bits per heavy atom. The molecule has 0 fully saturated rings. The van der Waals surface area contributed by atoms with Crippen LogP contribution in [0.25, 0.3) is 0 Å². The highest BCUT2D eigenvalue weighted by Crippen LogP contribution is 2.34. The molecule has 0 aromatic heterocycles. The lowest BCUT2D eigenvalue weighted by Crippen LogP contribution is -2.55. The summed E-state index contributed by atoms with van der Waals surface area (Å²) in [7, 11) is -3.84. The summed E-state index contributed by atoms with van der Waals surface area (Å²) in [6, 6.07) is 13.3. The van der Waals surface area contributed by atoms with Crippen molar-refractivity contribution >= 4 is 27.5 Å². The summed E-state index contributed by atoms with van der Waals surface area (Å²) in [5.41, 5.74) is 0.621. The summed E-state index contributed by atoms with van der Waals surface area (Å²) < 4.78 is 37.7. The fourth-order valence-corrected chi connectivity index (χ4v) is 4.79. The molecule has 196 valence electrons. The smallest absolute Gasteiger partial charge is 0.244 e. The van der Waals surface area contributed by atoms with Gasteiger partial charge in [-0.15, -0.1) is 0 Å². The van der Waals surface area contributed by atoms with Crippen LogP contribution in [0, 0.1) is 0 Å². The molecule has 2 aromatic rings. The minimum absolute atomic E-state index is 0.161. The van der Waals surface area contributed by atoms with Crippen LogP contribution in [0.2, 0.25) is 0 Å². The number of hydrogen-bond acceptors (Lipinski definition) is 6. The molecule has 10 heteroatoms. The van der Waals surface area contributed by atoms with E-state index in [9.17, 15) is 18.0 Å². The van der Waals surface area contributed by atoms with Gasteiger partial charge in [-0.05, 0) is 44.9 Å². The van der Waals surface area contributed by atoms with Crippen molar-refractivity contribution in [3.05, 3.63) is 54.1 Å². The zero-order chi connectivity index (χ0) is 26.5. The van der Waals surface area contributed by atoms with Crippen molar-refractivity contribution in [2.75, 3.05) is 30.3 Å². The summed E-state index contributed by atoms with van der Waals surface area (Å²) in [6.45, 7) is 7.88. The highest BCUT2D eigenvalue weighted by Gasteiger charge is 2.33. The standard InChI is InChI=1S/C26H35N3O6S/c1-6-21(25(31)27-26(2,3)4)28(17-19-10-8-7-9-11-19)24(30)18-29(36(5,32)33)20-12-13-22-23(16-20)35-15-14-34-22/h7-13,16,21H,6,14-15,17-18H2,1-5H3,(H,27,31). The van der Waals surface area contributed by atoms with Gasteiger partial charge in [0.2, 0.25) is 21.8 Å². The van der Waals surface area contributed by atoms with Crippen LogP contribution in [0.15, 0.2) is 48.5 Å². The average Bonchev–Trinajstić information content (AvgIpc) is 2.80. The Hall–Kier alpha value is -3.27. The molecule has 0 radical (unpaired) electrons. The van der Waals surface area contributed by atoms with Gasteiger partial charge < -0.3 is 19.7 Å². The Morgan fingerprint density at radius 1 is 1.03 bits per heavy atom. The third-order valence-electron chi connectivity index (χ3n) is 5.57. The molecule has 3 rings (SSSR count). The lowest BCUT2D eigenvalue weighted by atomic mass is 10.1. The monoisotopic (exact) mass is 517 g/mol. The van der Waals surface area contributed by atoms with E-state index in [1.807, 2.05) is 58.0 Å². The van der Waals surface area contributed by atoms with Crippen molar-refractivity contribution in [3.63, 3.8) is 0 Å².